The maximum absolute atomic E-state index is 12.3. The predicted octanol–water partition coefficient (Wildman–Crippen LogP) is 3.76. The third kappa shape index (κ3) is 4.12. The molecule has 1 aromatic carbocycles. The van der Waals surface area contributed by atoms with Gasteiger partial charge < -0.3 is 10.1 Å². The molecule has 3 aromatic rings. The van der Waals surface area contributed by atoms with Gasteiger partial charge in [-0.2, -0.15) is 5.10 Å². The molecular weight excluding hydrogens is 372 g/mol. The number of aryl methyl sites for hydroxylation is 1. The summed E-state index contributed by atoms with van der Waals surface area (Å²) in [4.78, 5) is 16.7. The van der Waals surface area contributed by atoms with Crippen molar-refractivity contribution in [3.8, 4) is 5.69 Å². The van der Waals surface area contributed by atoms with Gasteiger partial charge in [-0.15, -0.1) is 11.3 Å². The number of rotatable bonds is 7. The molecule has 1 N–H and O–H groups in total. The van der Waals surface area contributed by atoms with Crippen LogP contribution in [0, 0.1) is 6.92 Å². The number of nitrogens with one attached hydrogen (secondary N) is 1. The van der Waals surface area contributed by atoms with E-state index in [1.54, 1.807) is 29.0 Å². The Balaban J connectivity index is 1.87. The number of thiazole rings is 1. The van der Waals surface area contributed by atoms with Crippen molar-refractivity contribution in [1.29, 1.82) is 0 Å². The minimum absolute atomic E-state index is 0.307. The summed E-state index contributed by atoms with van der Waals surface area (Å²) < 4.78 is 6.83. The van der Waals surface area contributed by atoms with Crippen molar-refractivity contribution < 1.29 is 9.53 Å². The molecule has 26 heavy (non-hydrogen) atoms. The SMILES string of the molecule is CCOC(=O)c1cnn(-c2ccccc2Cl)c1CNCc1csc(C)n1. The zero-order valence-corrected chi connectivity index (χ0v) is 16.1. The van der Waals surface area contributed by atoms with Crippen LogP contribution in [0.4, 0.5) is 0 Å². The smallest absolute Gasteiger partial charge is 0.341 e. The molecule has 0 saturated heterocycles. The van der Waals surface area contributed by atoms with Crippen LogP contribution in [-0.4, -0.2) is 27.3 Å². The number of carbonyl (C=O) groups is 1. The van der Waals surface area contributed by atoms with Crippen molar-refractivity contribution in [2.45, 2.75) is 26.9 Å². The van der Waals surface area contributed by atoms with Gasteiger partial charge in [-0.05, 0) is 26.0 Å². The second-order valence-electron chi connectivity index (χ2n) is 5.55. The summed E-state index contributed by atoms with van der Waals surface area (Å²) in [7, 11) is 0. The number of para-hydroxylation sites is 1. The zero-order chi connectivity index (χ0) is 18.5. The summed E-state index contributed by atoms with van der Waals surface area (Å²) in [5.74, 6) is -0.396. The minimum Gasteiger partial charge on any atom is -0.462 e. The lowest BCUT2D eigenvalue weighted by atomic mass is 10.2. The third-order valence-electron chi connectivity index (χ3n) is 3.71. The monoisotopic (exact) mass is 390 g/mol. The standard InChI is InChI=1S/C18H19ClN4O2S/c1-3-25-18(24)14-9-21-23(16-7-5-4-6-15(16)19)17(14)10-20-8-13-11-26-12(2)22-13/h4-7,9,11,20H,3,8,10H2,1-2H3. The zero-order valence-electron chi connectivity index (χ0n) is 14.5. The van der Waals surface area contributed by atoms with Crippen LogP contribution in [0.3, 0.4) is 0 Å². The molecule has 0 spiro atoms. The van der Waals surface area contributed by atoms with Gasteiger partial charge in [0.05, 0.1) is 39.9 Å². The van der Waals surface area contributed by atoms with Gasteiger partial charge in [0, 0.05) is 18.5 Å². The van der Waals surface area contributed by atoms with E-state index in [4.69, 9.17) is 16.3 Å². The van der Waals surface area contributed by atoms with E-state index in [0.29, 0.717) is 41.7 Å². The van der Waals surface area contributed by atoms with Crippen molar-refractivity contribution in [2.24, 2.45) is 0 Å². The topological polar surface area (TPSA) is 69.0 Å². The Morgan fingerprint density at radius 2 is 2.15 bits per heavy atom. The summed E-state index contributed by atoms with van der Waals surface area (Å²) in [5, 5.41) is 11.3. The number of hydrogen-bond acceptors (Lipinski definition) is 6. The number of nitrogens with zero attached hydrogens (tertiary/aromatic N) is 3. The fourth-order valence-electron chi connectivity index (χ4n) is 2.55. The number of halogens is 1. The lowest BCUT2D eigenvalue weighted by Gasteiger charge is -2.11. The molecule has 0 bridgehead atoms. The first kappa shape index (κ1) is 18.6. The molecule has 0 aliphatic carbocycles. The van der Waals surface area contributed by atoms with Crippen LogP contribution in [0.1, 0.15) is 33.7 Å². The molecule has 2 aromatic heterocycles. The van der Waals surface area contributed by atoms with E-state index >= 15 is 0 Å². The van der Waals surface area contributed by atoms with E-state index < -0.39 is 5.97 Å². The van der Waals surface area contributed by atoms with Crippen LogP contribution in [0.15, 0.2) is 35.8 Å². The van der Waals surface area contributed by atoms with Gasteiger partial charge >= 0.3 is 5.97 Å². The highest BCUT2D eigenvalue weighted by Gasteiger charge is 2.20. The average molecular weight is 391 g/mol. The first-order valence-corrected chi connectivity index (χ1v) is 9.46. The number of benzene rings is 1. The van der Waals surface area contributed by atoms with E-state index in [2.05, 4.69) is 15.4 Å². The van der Waals surface area contributed by atoms with Crippen molar-refractivity contribution in [3.63, 3.8) is 0 Å². The van der Waals surface area contributed by atoms with Crippen LogP contribution < -0.4 is 5.32 Å². The van der Waals surface area contributed by atoms with Gasteiger partial charge in [0.25, 0.3) is 0 Å². The van der Waals surface area contributed by atoms with Crippen LogP contribution in [0.5, 0.6) is 0 Å². The normalized spacial score (nSPS) is 10.9. The highest BCUT2D eigenvalue weighted by atomic mass is 35.5. The van der Waals surface area contributed by atoms with E-state index in [9.17, 15) is 4.79 Å². The van der Waals surface area contributed by atoms with Gasteiger partial charge in [-0.25, -0.2) is 14.5 Å². The maximum atomic E-state index is 12.3. The fraction of sp³-hybridized carbons (Fsp3) is 0.278. The minimum atomic E-state index is -0.396. The predicted molar refractivity (Wildman–Crippen MR) is 102 cm³/mol. The maximum Gasteiger partial charge on any atom is 0.341 e. The van der Waals surface area contributed by atoms with Gasteiger partial charge in [-0.3, -0.25) is 0 Å². The van der Waals surface area contributed by atoms with Crippen molar-refractivity contribution in [3.05, 3.63) is 62.8 Å². The largest absolute Gasteiger partial charge is 0.462 e. The Hall–Kier alpha value is -2.22. The second kappa shape index (κ2) is 8.44. The van der Waals surface area contributed by atoms with E-state index in [1.165, 1.54) is 6.20 Å². The third-order valence-corrected chi connectivity index (χ3v) is 4.85. The van der Waals surface area contributed by atoms with E-state index in [1.807, 2.05) is 30.5 Å². The molecule has 0 unspecified atom stereocenters. The van der Waals surface area contributed by atoms with Crippen LogP contribution >= 0.6 is 22.9 Å². The van der Waals surface area contributed by atoms with Crippen molar-refractivity contribution in [1.82, 2.24) is 20.1 Å². The lowest BCUT2D eigenvalue weighted by Crippen LogP contribution is -2.19. The Bertz CT molecular complexity index is 906. The average Bonchev–Trinajstić information content (AvgIpc) is 3.22. The molecule has 0 saturated carbocycles. The molecule has 6 nitrogen and oxygen atoms in total. The number of esters is 1. The number of carbonyl (C=O) groups excluding carboxylic acids is 1. The number of ether oxygens (including phenoxy) is 1. The van der Waals surface area contributed by atoms with Crippen molar-refractivity contribution in [2.75, 3.05) is 6.61 Å². The first-order chi connectivity index (χ1) is 12.6. The number of aromatic nitrogens is 3. The molecule has 3 rings (SSSR count). The summed E-state index contributed by atoms with van der Waals surface area (Å²) in [6.07, 6.45) is 1.52. The molecule has 0 aliphatic heterocycles. The first-order valence-electron chi connectivity index (χ1n) is 8.20. The highest BCUT2D eigenvalue weighted by Crippen LogP contribution is 2.23. The molecule has 0 amide bonds. The highest BCUT2D eigenvalue weighted by molar-refractivity contribution is 7.09. The summed E-state index contributed by atoms with van der Waals surface area (Å²) in [6, 6.07) is 7.38. The van der Waals surface area contributed by atoms with Crippen LogP contribution in [0.2, 0.25) is 5.02 Å². The van der Waals surface area contributed by atoms with Gasteiger partial charge in [0.1, 0.15) is 5.56 Å². The Labute approximate surface area is 160 Å². The van der Waals surface area contributed by atoms with Gasteiger partial charge in [0.2, 0.25) is 0 Å². The lowest BCUT2D eigenvalue weighted by molar-refractivity contribution is 0.0525. The Morgan fingerprint density at radius 3 is 2.85 bits per heavy atom. The molecule has 8 heteroatoms. The number of hydrogen-bond donors (Lipinski definition) is 1. The molecule has 0 radical (unpaired) electrons. The Kier molecular flexibility index (Phi) is 6.03. The molecule has 0 aliphatic rings. The molecule has 0 fully saturated rings. The fourth-order valence-corrected chi connectivity index (χ4v) is 3.38. The molecule has 2 heterocycles. The molecule has 0 atom stereocenters. The van der Waals surface area contributed by atoms with E-state index in [-0.39, 0.29) is 0 Å². The molecule has 136 valence electrons. The van der Waals surface area contributed by atoms with Crippen LogP contribution in [0.25, 0.3) is 5.69 Å². The second-order valence-corrected chi connectivity index (χ2v) is 7.02. The van der Waals surface area contributed by atoms with Crippen molar-refractivity contribution >= 4 is 28.9 Å². The van der Waals surface area contributed by atoms with Gasteiger partial charge in [-0.1, -0.05) is 23.7 Å². The quantitative estimate of drug-likeness (QED) is 0.622. The molecular formula is C18H19ClN4O2S. The van der Waals surface area contributed by atoms with Gasteiger partial charge in [0.15, 0.2) is 0 Å². The van der Waals surface area contributed by atoms with E-state index in [0.717, 1.165) is 10.7 Å². The van der Waals surface area contributed by atoms with Crippen LogP contribution in [-0.2, 0) is 17.8 Å². The summed E-state index contributed by atoms with van der Waals surface area (Å²) in [6.45, 7) is 5.08. The summed E-state index contributed by atoms with van der Waals surface area (Å²) >= 11 is 7.92. The summed E-state index contributed by atoms with van der Waals surface area (Å²) in [5.41, 5.74) is 2.80. The Morgan fingerprint density at radius 1 is 1.35 bits per heavy atom.